The number of likely N-dealkylation sites (N-methyl/N-ethyl adjacent to an activating group) is 1. The average molecular weight is 316 g/mol. The van der Waals surface area contributed by atoms with E-state index in [1.165, 1.54) is 0 Å². The molecule has 1 aromatic heterocycles. The molecule has 2 rings (SSSR count). The molecule has 100 valence electrons. The Morgan fingerprint density at radius 3 is 3.11 bits per heavy atom. The lowest BCUT2D eigenvalue weighted by Gasteiger charge is -2.29. The van der Waals surface area contributed by atoms with Crippen LogP contribution in [0.2, 0.25) is 0 Å². The SMILES string of the molecule is CCCn1ncc(Br)c1C(=O)C1CN(C)CCO1. The predicted molar refractivity (Wildman–Crippen MR) is 71.8 cm³/mol. The molecule has 0 aliphatic carbocycles. The molecule has 0 bridgehead atoms. The van der Waals surface area contributed by atoms with Gasteiger partial charge in [-0.15, -0.1) is 0 Å². The summed E-state index contributed by atoms with van der Waals surface area (Å²) in [5.41, 5.74) is 0.622. The van der Waals surface area contributed by atoms with E-state index in [1.807, 2.05) is 7.05 Å². The molecule has 6 heteroatoms. The van der Waals surface area contributed by atoms with Crippen molar-refractivity contribution in [2.75, 3.05) is 26.7 Å². The third-order valence-corrected chi connectivity index (χ3v) is 3.61. The summed E-state index contributed by atoms with van der Waals surface area (Å²) in [6, 6.07) is 0. The first-order valence-electron chi connectivity index (χ1n) is 6.19. The number of halogens is 1. The third-order valence-electron chi connectivity index (χ3n) is 3.03. The van der Waals surface area contributed by atoms with Crippen molar-refractivity contribution in [1.82, 2.24) is 14.7 Å². The fourth-order valence-electron chi connectivity index (χ4n) is 2.08. The molecule has 0 amide bonds. The van der Waals surface area contributed by atoms with Crippen molar-refractivity contribution >= 4 is 21.7 Å². The summed E-state index contributed by atoms with van der Waals surface area (Å²) in [7, 11) is 2.00. The Labute approximate surface area is 115 Å². The Hall–Kier alpha value is -0.720. The first-order valence-corrected chi connectivity index (χ1v) is 6.98. The van der Waals surface area contributed by atoms with E-state index in [1.54, 1.807) is 10.9 Å². The average Bonchev–Trinajstić information content (AvgIpc) is 2.70. The highest BCUT2D eigenvalue weighted by atomic mass is 79.9. The normalized spacial score (nSPS) is 21.2. The molecule has 1 aromatic rings. The van der Waals surface area contributed by atoms with Crippen molar-refractivity contribution in [1.29, 1.82) is 0 Å². The molecule has 1 fully saturated rings. The van der Waals surface area contributed by atoms with Gasteiger partial charge in [0, 0.05) is 19.6 Å². The summed E-state index contributed by atoms with van der Waals surface area (Å²) in [4.78, 5) is 14.6. The van der Waals surface area contributed by atoms with Crippen LogP contribution in [-0.2, 0) is 11.3 Å². The third kappa shape index (κ3) is 2.81. The largest absolute Gasteiger partial charge is 0.367 e. The topological polar surface area (TPSA) is 47.4 Å². The summed E-state index contributed by atoms with van der Waals surface area (Å²) in [6.07, 6.45) is 2.24. The van der Waals surface area contributed by atoms with E-state index in [9.17, 15) is 4.79 Å². The van der Waals surface area contributed by atoms with Crippen LogP contribution in [0.4, 0.5) is 0 Å². The number of nitrogens with zero attached hydrogens (tertiary/aromatic N) is 3. The van der Waals surface area contributed by atoms with Gasteiger partial charge in [-0.1, -0.05) is 6.92 Å². The molecule has 0 spiro atoms. The molecule has 5 nitrogen and oxygen atoms in total. The predicted octanol–water partition coefficient (Wildman–Crippen LogP) is 1.57. The van der Waals surface area contributed by atoms with E-state index >= 15 is 0 Å². The number of ketones is 1. The summed E-state index contributed by atoms with van der Waals surface area (Å²) < 4.78 is 8.07. The maximum absolute atomic E-state index is 12.5. The van der Waals surface area contributed by atoms with Gasteiger partial charge in [0.25, 0.3) is 0 Å². The number of aromatic nitrogens is 2. The lowest BCUT2D eigenvalue weighted by Crippen LogP contribution is -2.44. The lowest BCUT2D eigenvalue weighted by molar-refractivity contribution is -0.00922. The zero-order valence-corrected chi connectivity index (χ0v) is 12.3. The van der Waals surface area contributed by atoms with Crippen LogP contribution in [0.15, 0.2) is 10.7 Å². The van der Waals surface area contributed by atoms with Gasteiger partial charge in [0.1, 0.15) is 11.8 Å². The Morgan fingerprint density at radius 1 is 1.67 bits per heavy atom. The van der Waals surface area contributed by atoms with Crippen LogP contribution in [0.5, 0.6) is 0 Å². The standard InChI is InChI=1S/C12H18BrN3O2/c1-3-4-16-11(9(13)7-14-16)12(17)10-8-15(2)5-6-18-10/h7,10H,3-6,8H2,1-2H3. The van der Waals surface area contributed by atoms with Gasteiger partial charge in [0.2, 0.25) is 5.78 Å². The van der Waals surface area contributed by atoms with Gasteiger partial charge in [-0.25, -0.2) is 0 Å². The van der Waals surface area contributed by atoms with Crippen LogP contribution in [0.1, 0.15) is 23.8 Å². The lowest BCUT2D eigenvalue weighted by atomic mass is 10.1. The Balaban J connectivity index is 2.19. The molecular formula is C12H18BrN3O2. The van der Waals surface area contributed by atoms with E-state index in [0.717, 1.165) is 24.0 Å². The number of carbonyl (C=O) groups excluding carboxylic acids is 1. The van der Waals surface area contributed by atoms with Gasteiger partial charge in [-0.05, 0) is 29.4 Å². The van der Waals surface area contributed by atoms with Gasteiger partial charge < -0.3 is 9.64 Å². The summed E-state index contributed by atoms with van der Waals surface area (Å²) in [6.45, 7) is 4.93. The molecule has 1 aliphatic rings. The molecule has 0 N–H and O–H groups in total. The molecule has 0 saturated carbocycles. The Bertz CT molecular complexity index is 433. The van der Waals surface area contributed by atoms with Crippen LogP contribution >= 0.6 is 15.9 Å². The number of hydrogen-bond donors (Lipinski definition) is 0. The van der Waals surface area contributed by atoms with E-state index in [4.69, 9.17) is 4.74 Å². The van der Waals surface area contributed by atoms with Crippen LogP contribution in [0.3, 0.4) is 0 Å². The molecule has 2 heterocycles. The number of carbonyl (C=O) groups is 1. The highest BCUT2D eigenvalue weighted by Gasteiger charge is 2.29. The van der Waals surface area contributed by atoms with Gasteiger partial charge >= 0.3 is 0 Å². The van der Waals surface area contributed by atoms with E-state index < -0.39 is 0 Å². The van der Waals surface area contributed by atoms with Crippen LogP contribution < -0.4 is 0 Å². The number of aryl methyl sites for hydroxylation is 1. The number of rotatable bonds is 4. The quantitative estimate of drug-likeness (QED) is 0.791. The highest BCUT2D eigenvalue weighted by molar-refractivity contribution is 9.10. The summed E-state index contributed by atoms with van der Waals surface area (Å²) in [5.74, 6) is 0.0133. The second-order valence-corrected chi connectivity index (χ2v) is 5.40. The van der Waals surface area contributed by atoms with E-state index in [0.29, 0.717) is 18.8 Å². The van der Waals surface area contributed by atoms with Crippen molar-refractivity contribution in [2.45, 2.75) is 26.0 Å². The molecule has 0 radical (unpaired) electrons. The number of Topliss-reactive ketones (excluding diaryl/α,β-unsaturated/α-hetero) is 1. The molecule has 1 atom stereocenters. The van der Waals surface area contributed by atoms with Crippen LogP contribution in [0, 0.1) is 0 Å². The second kappa shape index (κ2) is 5.95. The van der Waals surface area contributed by atoms with Gasteiger partial charge in [-0.2, -0.15) is 5.10 Å². The van der Waals surface area contributed by atoms with Crippen molar-refractivity contribution in [2.24, 2.45) is 0 Å². The molecular weight excluding hydrogens is 298 g/mol. The van der Waals surface area contributed by atoms with Crippen molar-refractivity contribution in [3.05, 3.63) is 16.4 Å². The van der Waals surface area contributed by atoms with Crippen molar-refractivity contribution < 1.29 is 9.53 Å². The first kappa shape index (κ1) is 13.7. The van der Waals surface area contributed by atoms with Crippen molar-refractivity contribution in [3.8, 4) is 0 Å². The van der Waals surface area contributed by atoms with Gasteiger partial charge in [0.15, 0.2) is 0 Å². The van der Waals surface area contributed by atoms with E-state index in [-0.39, 0.29) is 11.9 Å². The zero-order valence-electron chi connectivity index (χ0n) is 10.7. The fourth-order valence-corrected chi connectivity index (χ4v) is 2.57. The van der Waals surface area contributed by atoms with Crippen LogP contribution in [-0.4, -0.2) is 53.3 Å². The fraction of sp³-hybridized carbons (Fsp3) is 0.667. The minimum absolute atomic E-state index is 0.0133. The minimum Gasteiger partial charge on any atom is -0.367 e. The Morgan fingerprint density at radius 2 is 2.44 bits per heavy atom. The molecule has 1 aliphatic heterocycles. The van der Waals surface area contributed by atoms with Crippen molar-refractivity contribution in [3.63, 3.8) is 0 Å². The molecule has 18 heavy (non-hydrogen) atoms. The van der Waals surface area contributed by atoms with Crippen LogP contribution in [0.25, 0.3) is 0 Å². The number of hydrogen-bond acceptors (Lipinski definition) is 4. The molecule has 1 saturated heterocycles. The summed E-state index contributed by atoms with van der Waals surface area (Å²) in [5, 5.41) is 4.22. The maximum atomic E-state index is 12.5. The minimum atomic E-state index is -0.382. The van der Waals surface area contributed by atoms with Gasteiger partial charge in [0.05, 0.1) is 17.3 Å². The zero-order chi connectivity index (χ0) is 13.1. The number of ether oxygens (including phenoxy) is 1. The monoisotopic (exact) mass is 315 g/mol. The maximum Gasteiger partial charge on any atom is 0.211 e. The molecule has 0 aromatic carbocycles. The second-order valence-electron chi connectivity index (χ2n) is 4.55. The first-order chi connectivity index (χ1) is 8.63. The highest BCUT2D eigenvalue weighted by Crippen LogP contribution is 2.20. The number of morpholine rings is 1. The smallest absolute Gasteiger partial charge is 0.211 e. The summed E-state index contributed by atoms with van der Waals surface area (Å²) >= 11 is 3.40. The Kier molecular flexibility index (Phi) is 4.53. The van der Waals surface area contributed by atoms with E-state index in [2.05, 4.69) is 32.9 Å². The van der Waals surface area contributed by atoms with Gasteiger partial charge in [-0.3, -0.25) is 9.48 Å². The molecule has 1 unspecified atom stereocenters.